The van der Waals surface area contributed by atoms with E-state index >= 15 is 0 Å². The maximum absolute atomic E-state index is 11.7. The fourth-order valence-electron chi connectivity index (χ4n) is 4.33. The molecular formula is C30H28N8O2. The van der Waals surface area contributed by atoms with Crippen molar-refractivity contribution in [1.82, 2.24) is 31.0 Å². The molecule has 0 saturated carbocycles. The highest BCUT2D eigenvalue weighted by atomic mass is 16.2. The summed E-state index contributed by atoms with van der Waals surface area (Å²) in [6.07, 6.45) is 0. The number of benzene rings is 4. The van der Waals surface area contributed by atoms with Crippen LogP contribution in [0.2, 0.25) is 0 Å². The third-order valence-corrected chi connectivity index (χ3v) is 6.50. The molecule has 10 heteroatoms. The number of aromatic amines is 2. The zero-order valence-electron chi connectivity index (χ0n) is 21.9. The van der Waals surface area contributed by atoms with Crippen LogP contribution in [0.4, 0.5) is 11.4 Å². The summed E-state index contributed by atoms with van der Waals surface area (Å²) in [5, 5.41) is 20.7. The summed E-state index contributed by atoms with van der Waals surface area (Å²) in [5.74, 6) is -0.395. The lowest BCUT2D eigenvalue weighted by atomic mass is 10.0. The number of carbonyl (C=O) groups excluding carboxylic acids is 2. The van der Waals surface area contributed by atoms with E-state index in [1.807, 2.05) is 84.9 Å². The van der Waals surface area contributed by atoms with E-state index in [-0.39, 0.29) is 11.8 Å². The second-order valence-electron chi connectivity index (χ2n) is 9.07. The molecule has 0 radical (unpaired) electrons. The Labute approximate surface area is 229 Å². The normalized spacial score (nSPS) is 10.7. The number of H-pyrrole nitrogens is 2. The van der Waals surface area contributed by atoms with Crippen LogP contribution in [0.5, 0.6) is 0 Å². The van der Waals surface area contributed by atoms with E-state index in [9.17, 15) is 9.59 Å². The van der Waals surface area contributed by atoms with Gasteiger partial charge >= 0.3 is 0 Å². The minimum absolute atomic E-state index is 0.198. The first-order valence-electron chi connectivity index (χ1n) is 12.5. The highest BCUT2D eigenvalue weighted by Gasteiger charge is 2.14. The predicted octanol–water partition coefficient (Wildman–Crippen LogP) is 4.34. The summed E-state index contributed by atoms with van der Waals surface area (Å²) in [6.45, 7) is 0. The van der Waals surface area contributed by atoms with Gasteiger partial charge in [0.05, 0.1) is 11.0 Å². The van der Waals surface area contributed by atoms with Gasteiger partial charge in [-0.05, 0) is 70.8 Å². The number of hydrogen-bond acceptors (Lipinski definition) is 6. The third kappa shape index (κ3) is 5.18. The predicted molar refractivity (Wildman–Crippen MR) is 159 cm³/mol. The van der Waals surface area contributed by atoms with Gasteiger partial charge in [-0.25, -0.2) is 0 Å². The maximum Gasteiger partial charge on any atom is 0.272 e. The number of rotatable bonds is 4. The van der Waals surface area contributed by atoms with Gasteiger partial charge in [-0.3, -0.25) is 19.8 Å². The quantitative estimate of drug-likeness (QED) is 0.185. The summed E-state index contributed by atoms with van der Waals surface area (Å²) in [7, 11) is 3.18. The first kappa shape index (κ1) is 26.0. The second kappa shape index (κ2) is 11.0. The number of aromatic nitrogens is 4. The smallest absolute Gasteiger partial charge is 0.272 e. The molecule has 6 rings (SSSR count). The van der Waals surface area contributed by atoms with Crippen molar-refractivity contribution in [3.8, 4) is 22.3 Å². The fourth-order valence-corrected chi connectivity index (χ4v) is 4.33. The first-order valence-corrected chi connectivity index (χ1v) is 12.5. The number of nitrogen functional groups attached to an aromatic ring is 2. The molecular weight excluding hydrogens is 504 g/mol. The summed E-state index contributed by atoms with van der Waals surface area (Å²) in [6, 6.07) is 27.0. The van der Waals surface area contributed by atoms with Crippen molar-refractivity contribution in [3.05, 3.63) is 96.3 Å². The summed E-state index contributed by atoms with van der Waals surface area (Å²) >= 11 is 0. The van der Waals surface area contributed by atoms with Crippen LogP contribution in [-0.2, 0) is 0 Å². The lowest BCUT2D eigenvalue weighted by Gasteiger charge is -2.02. The average molecular weight is 533 g/mol. The van der Waals surface area contributed by atoms with E-state index in [4.69, 9.17) is 11.5 Å². The number of nitrogens with two attached hydrogens (primary N) is 2. The van der Waals surface area contributed by atoms with Crippen LogP contribution in [0.1, 0.15) is 21.0 Å². The molecule has 200 valence electrons. The standard InChI is InChI=1S/2C15H14N4O/c2*1-17-15(20)14-12-7-4-10(8-13(12)18-19-14)9-2-5-11(16)6-3-9/h2*2-8H,16H2,1H3,(H,17,20)(H,18,19). The summed E-state index contributed by atoms with van der Waals surface area (Å²) in [5.41, 5.74) is 19.5. The van der Waals surface area contributed by atoms with Crippen molar-refractivity contribution in [2.24, 2.45) is 0 Å². The number of hydrogen-bond donors (Lipinski definition) is 6. The minimum Gasteiger partial charge on any atom is -0.399 e. The number of nitrogens with zero attached hydrogens (tertiary/aromatic N) is 2. The van der Waals surface area contributed by atoms with Crippen molar-refractivity contribution in [2.45, 2.75) is 0 Å². The van der Waals surface area contributed by atoms with Gasteiger partial charge in [-0.15, -0.1) is 0 Å². The molecule has 6 aromatic rings. The lowest BCUT2D eigenvalue weighted by molar-refractivity contribution is 0.0951. The zero-order chi connectivity index (χ0) is 28.2. The molecule has 0 aliphatic carbocycles. The summed E-state index contributed by atoms with van der Waals surface area (Å²) < 4.78 is 0. The van der Waals surface area contributed by atoms with Crippen molar-refractivity contribution >= 4 is 45.0 Å². The number of amides is 2. The van der Waals surface area contributed by atoms with E-state index in [0.29, 0.717) is 11.4 Å². The molecule has 0 saturated heterocycles. The van der Waals surface area contributed by atoms with Gasteiger partial charge in [-0.1, -0.05) is 36.4 Å². The molecule has 0 fully saturated rings. The molecule has 40 heavy (non-hydrogen) atoms. The molecule has 0 atom stereocenters. The Balaban J connectivity index is 0.000000161. The SMILES string of the molecule is CNC(=O)c1n[nH]c2cc(-c3ccc(N)cc3)ccc12.CNC(=O)c1n[nH]c2cc(-c3ccc(N)cc3)ccc12. The molecule has 8 N–H and O–H groups in total. The number of nitrogens with one attached hydrogen (secondary N) is 4. The first-order chi connectivity index (χ1) is 19.4. The zero-order valence-corrected chi connectivity index (χ0v) is 21.9. The Kier molecular flexibility index (Phi) is 7.14. The Hall–Kier alpha value is -5.64. The molecule has 2 heterocycles. The maximum atomic E-state index is 11.7. The largest absolute Gasteiger partial charge is 0.399 e. The van der Waals surface area contributed by atoms with Crippen LogP contribution in [0.15, 0.2) is 84.9 Å². The molecule has 2 aromatic heterocycles. The molecule has 4 aromatic carbocycles. The van der Waals surface area contributed by atoms with Crippen molar-refractivity contribution < 1.29 is 9.59 Å². The van der Waals surface area contributed by atoms with Gasteiger partial charge in [0.15, 0.2) is 11.4 Å². The van der Waals surface area contributed by atoms with Crippen LogP contribution < -0.4 is 22.1 Å². The molecule has 0 aliphatic heterocycles. The van der Waals surface area contributed by atoms with Crippen LogP contribution in [0.25, 0.3) is 44.1 Å². The Morgan fingerprint density at radius 2 is 0.925 bits per heavy atom. The van der Waals surface area contributed by atoms with Crippen molar-refractivity contribution in [3.63, 3.8) is 0 Å². The summed E-state index contributed by atoms with van der Waals surface area (Å²) in [4.78, 5) is 23.3. The molecule has 10 nitrogen and oxygen atoms in total. The molecule has 0 aliphatic rings. The van der Waals surface area contributed by atoms with Gasteiger partial charge in [0.25, 0.3) is 11.8 Å². The van der Waals surface area contributed by atoms with E-state index in [0.717, 1.165) is 55.4 Å². The lowest BCUT2D eigenvalue weighted by Crippen LogP contribution is -2.18. The number of carbonyl (C=O) groups is 2. The molecule has 0 bridgehead atoms. The number of anilines is 2. The van der Waals surface area contributed by atoms with E-state index in [1.54, 1.807) is 14.1 Å². The van der Waals surface area contributed by atoms with Crippen molar-refractivity contribution in [1.29, 1.82) is 0 Å². The van der Waals surface area contributed by atoms with E-state index in [1.165, 1.54) is 0 Å². The highest BCUT2D eigenvalue weighted by molar-refractivity contribution is 6.06. The molecule has 2 amide bonds. The minimum atomic E-state index is -0.198. The van der Waals surface area contributed by atoms with Crippen LogP contribution in [-0.4, -0.2) is 46.3 Å². The number of fused-ring (bicyclic) bond motifs is 2. The van der Waals surface area contributed by atoms with Gasteiger partial charge in [-0.2, -0.15) is 10.2 Å². The van der Waals surface area contributed by atoms with Gasteiger partial charge < -0.3 is 22.1 Å². The Bertz CT molecular complexity index is 1680. The van der Waals surface area contributed by atoms with Gasteiger partial charge in [0.2, 0.25) is 0 Å². The van der Waals surface area contributed by atoms with Crippen LogP contribution in [0, 0.1) is 0 Å². The van der Waals surface area contributed by atoms with Crippen molar-refractivity contribution in [2.75, 3.05) is 25.6 Å². The van der Waals surface area contributed by atoms with Gasteiger partial charge in [0, 0.05) is 36.2 Å². The second-order valence-corrected chi connectivity index (χ2v) is 9.07. The third-order valence-electron chi connectivity index (χ3n) is 6.50. The van der Waals surface area contributed by atoms with Gasteiger partial charge in [0.1, 0.15) is 0 Å². The monoisotopic (exact) mass is 532 g/mol. The van der Waals surface area contributed by atoms with E-state index in [2.05, 4.69) is 31.0 Å². The topological polar surface area (TPSA) is 168 Å². The Morgan fingerprint density at radius 1 is 0.575 bits per heavy atom. The average Bonchev–Trinajstić information content (AvgIpc) is 3.61. The van der Waals surface area contributed by atoms with E-state index < -0.39 is 0 Å². The van der Waals surface area contributed by atoms with Crippen LogP contribution >= 0.6 is 0 Å². The molecule has 0 unspecified atom stereocenters. The highest BCUT2D eigenvalue weighted by Crippen LogP contribution is 2.27. The molecule has 0 spiro atoms. The Morgan fingerprint density at radius 3 is 1.27 bits per heavy atom. The fraction of sp³-hybridized carbons (Fsp3) is 0.0667. The van der Waals surface area contributed by atoms with Crippen LogP contribution in [0.3, 0.4) is 0 Å².